The van der Waals surface area contributed by atoms with Gasteiger partial charge >= 0.3 is 0 Å². The van der Waals surface area contributed by atoms with Crippen LogP contribution in [-0.4, -0.2) is 23.8 Å². The van der Waals surface area contributed by atoms with E-state index < -0.39 is 0 Å². The summed E-state index contributed by atoms with van der Waals surface area (Å²) in [6.45, 7) is 5.52. The number of hydrogen-bond donors (Lipinski definition) is 2. The van der Waals surface area contributed by atoms with Crippen LogP contribution in [0.2, 0.25) is 0 Å². The maximum atomic E-state index is 10.0. The summed E-state index contributed by atoms with van der Waals surface area (Å²) in [5, 5.41) is 13.5. The largest absolute Gasteiger partial charge is 0.391 e. The Bertz CT molecular complexity index is 139. The van der Waals surface area contributed by atoms with Gasteiger partial charge in [-0.1, -0.05) is 33.1 Å². The third-order valence-corrected chi connectivity index (χ3v) is 3.54. The minimum atomic E-state index is -0.125. The highest BCUT2D eigenvalue weighted by atomic mass is 16.3. The highest BCUT2D eigenvalue weighted by Gasteiger charge is 2.22. The van der Waals surface area contributed by atoms with E-state index in [1.807, 2.05) is 0 Å². The van der Waals surface area contributed by atoms with Gasteiger partial charge in [0.05, 0.1) is 6.10 Å². The lowest BCUT2D eigenvalue weighted by atomic mass is 9.90. The highest BCUT2D eigenvalue weighted by molar-refractivity contribution is 4.80. The molecule has 1 rings (SSSR count). The molecular formula is C12H25NO. The first-order valence-corrected chi connectivity index (χ1v) is 6.19. The monoisotopic (exact) mass is 199 g/mol. The maximum Gasteiger partial charge on any atom is 0.0695 e. The zero-order valence-electron chi connectivity index (χ0n) is 9.63. The van der Waals surface area contributed by atoms with E-state index in [4.69, 9.17) is 0 Å². The van der Waals surface area contributed by atoms with Crippen molar-refractivity contribution in [1.82, 2.24) is 5.32 Å². The molecule has 0 aromatic heterocycles. The minimum Gasteiger partial charge on any atom is -0.391 e. The summed E-state index contributed by atoms with van der Waals surface area (Å²) in [4.78, 5) is 0. The van der Waals surface area contributed by atoms with E-state index in [1.54, 1.807) is 0 Å². The highest BCUT2D eigenvalue weighted by Crippen LogP contribution is 2.20. The smallest absolute Gasteiger partial charge is 0.0695 e. The molecule has 14 heavy (non-hydrogen) atoms. The lowest BCUT2D eigenvalue weighted by Gasteiger charge is -2.29. The van der Waals surface area contributed by atoms with Gasteiger partial charge in [-0.05, 0) is 31.7 Å². The molecule has 2 N–H and O–H groups in total. The average molecular weight is 199 g/mol. The van der Waals surface area contributed by atoms with Crippen molar-refractivity contribution in [2.75, 3.05) is 6.54 Å². The predicted octanol–water partition coefficient (Wildman–Crippen LogP) is 2.32. The Hall–Kier alpha value is -0.0800. The molecule has 1 aliphatic rings. The standard InChI is InChI=1S/C12H25NO/c1-3-10(4-2)9-12(14)11-7-5-6-8-13-11/h10-14H,3-9H2,1-2H3. The van der Waals surface area contributed by atoms with Gasteiger partial charge in [0.2, 0.25) is 0 Å². The van der Waals surface area contributed by atoms with Crippen molar-refractivity contribution in [1.29, 1.82) is 0 Å². The molecule has 0 aliphatic carbocycles. The Balaban J connectivity index is 2.27. The maximum absolute atomic E-state index is 10.0. The third-order valence-electron chi connectivity index (χ3n) is 3.54. The van der Waals surface area contributed by atoms with Gasteiger partial charge in [0.25, 0.3) is 0 Å². The molecule has 1 heterocycles. The molecule has 0 aromatic carbocycles. The Morgan fingerprint density at radius 1 is 1.29 bits per heavy atom. The fourth-order valence-corrected chi connectivity index (χ4v) is 2.33. The van der Waals surface area contributed by atoms with E-state index in [-0.39, 0.29) is 6.10 Å². The lowest BCUT2D eigenvalue weighted by Crippen LogP contribution is -2.43. The second-order valence-electron chi connectivity index (χ2n) is 4.54. The van der Waals surface area contributed by atoms with Crippen LogP contribution in [0.4, 0.5) is 0 Å². The summed E-state index contributed by atoms with van der Waals surface area (Å²) < 4.78 is 0. The molecule has 2 heteroatoms. The molecule has 0 amide bonds. The molecule has 1 fully saturated rings. The van der Waals surface area contributed by atoms with E-state index in [1.165, 1.54) is 25.7 Å². The summed E-state index contributed by atoms with van der Waals surface area (Å²) in [6.07, 6.45) is 6.94. The molecule has 0 bridgehead atoms. The van der Waals surface area contributed by atoms with Gasteiger partial charge in [-0.15, -0.1) is 0 Å². The molecule has 1 saturated heterocycles. The van der Waals surface area contributed by atoms with E-state index in [0.717, 1.165) is 19.4 Å². The van der Waals surface area contributed by atoms with Gasteiger partial charge in [-0.3, -0.25) is 0 Å². The van der Waals surface area contributed by atoms with Crippen LogP contribution < -0.4 is 5.32 Å². The van der Waals surface area contributed by atoms with E-state index in [2.05, 4.69) is 19.2 Å². The summed E-state index contributed by atoms with van der Waals surface area (Å²) in [7, 11) is 0. The van der Waals surface area contributed by atoms with E-state index in [0.29, 0.717) is 12.0 Å². The third kappa shape index (κ3) is 3.58. The number of hydrogen-bond acceptors (Lipinski definition) is 2. The molecule has 0 saturated carbocycles. The number of aliphatic hydroxyl groups is 1. The van der Waals surface area contributed by atoms with Crippen LogP contribution in [0.5, 0.6) is 0 Å². The molecule has 1 aliphatic heterocycles. The number of piperidine rings is 1. The minimum absolute atomic E-state index is 0.125. The summed E-state index contributed by atoms with van der Waals surface area (Å²) in [5.41, 5.74) is 0. The zero-order chi connectivity index (χ0) is 10.4. The van der Waals surface area contributed by atoms with Crippen LogP contribution in [0.15, 0.2) is 0 Å². The van der Waals surface area contributed by atoms with Crippen LogP contribution in [-0.2, 0) is 0 Å². The lowest BCUT2D eigenvalue weighted by molar-refractivity contribution is 0.0864. The van der Waals surface area contributed by atoms with Gasteiger partial charge in [0.1, 0.15) is 0 Å². The second-order valence-corrected chi connectivity index (χ2v) is 4.54. The van der Waals surface area contributed by atoms with E-state index >= 15 is 0 Å². The van der Waals surface area contributed by atoms with Gasteiger partial charge in [0, 0.05) is 6.04 Å². The fraction of sp³-hybridized carbons (Fsp3) is 1.00. The predicted molar refractivity (Wildman–Crippen MR) is 60.3 cm³/mol. The average Bonchev–Trinajstić information content (AvgIpc) is 2.26. The summed E-state index contributed by atoms with van der Waals surface area (Å²) >= 11 is 0. The van der Waals surface area contributed by atoms with Crippen molar-refractivity contribution in [3.05, 3.63) is 0 Å². The number of rotatable bonds is 5. The quantitative estimate of drug-likeness (QED) is 0.712. The molecule has 2 atom stereocenters. The first kappa shape index (κ1) is 12.0. The first-order valence-electron chi connectivity index (χ1n) is 6.19. The molecular weight excluding hydrogens is 174 g/mol. The second kappa shape index (κ2) is 6.41. The van der Waals surface area contributed by atoms with Crippen LogP contribution in [0, 0.1) is 5.92 Å². The van der Waals surface area contributed by atoms with Crippen molar-refractivity contribution >= 4 is 0 Å². The number of nitrogens with one attached hydrogen (secondary N) is 1. The molecule has 0 spiro atoms. The van der Waals surface area contributed by atoms with Crippen molar-refractivity contribution in [3.8, 4) is 0 Å². The fourth-order valence-electron chi connectivity index (χ4n) is 2.33. The van der Waals surface area contributed by atoms with Gasteiger partial charge in [-0.2, -0.15) is 0 Å². The molecule has 2 nitrogen and oxygen atoms in total. The number of aliphatic hydroxyl groups excluding tert-OH is 1. The van der Waals surface area contributed by atoms with Crippen LogP contribution >= 0.6 is 0 Å². The van der Waals surface area contributed by atoms with Crippen molar-refractivity contribution in [2.45, 2.75) is 64.5 Å². The zero-order valence-corrected chi connectivity index (χ0v) is 9.63. The molecule has 0 radical (unpaired) electrons. The van der Waals surface area contributed by atoms with Crippen LogP contribution in [0.25, 0.3) is 0 Å². The summed E-state index contributed by atoms with van der Waals surface area (Å²) in [5.74, 6) is 0.703. The Kier molecular flexibility index (Phi) is 5.49. The topological polar surface area (TPSA) is 32.3 Å². The Labute approximate surface area is 88.1 Å². The Morgan fingerprint density at radius 2 is 2.00 bits per heavy atom. The molecule has 0 aromatic rings. The van der Waals surface area contributed by atoms with Gasteiger partial charge in [0.15, 0.2) is 0 Å². The normalized spacial score (nSPS) is 25.3. The molecule has 2 unspecified atom stereocenters. The van der Waals surface area contributed by atoms with E-state index in [9.17, 15) is 5.11 Å². The van der Waals surface area contributed by atoms with Gasteiger partial charge < -0.3 is 10.4 Å². The SMILES string of the molecule is CCC(CC)CC(O)C1CCCCN1. The van der Waals surface area contributed by atoms with Crippen molar-refractivity contribution in [2.24, 2.45) is 5.92 Å². The van der Waals surface area contributed by atoms with Crippen molar-refractivity contribution < 1.29 is 5.11 Å². The van der Waals surface area contributed by atoms with Crippen LogP contribution in [0.3, 0.4) is 0 Å². The van der Waals surface area contributed by atoms with Gasteiger partial charge in [-0.25, -0.2) is 0 Å². The van der Waals surface area contributed by atoms with Crippen molar-refractivity contribution in [3.63, 3.8) is 0 Å². The van der Waals surface area contributed by atoms with Crippen LogP contribution in [0.1, 0.15) is 52.4 Å². The summed E-state index contributed by atoms with van der Waals surface area (Å²) in [6, 6.07) is 0.365. The Morgan fingerprint density at radius 3 is 2.50 bits per heavy atom. The molecule has 84 valence electrons. The first-order chi connectivity index (χ1) is 6.77.